The van der Waals surface area contributed by atoms with E-state index in [2.05, 4.69) is 11.8 Å². The fraction of sp³-hybridized carbons (Fsp3) is 1.00. The zero-order chi connectivity index (χ0) is 9.68. The minimum absolute atomic E-state index is 0.292. The number of nitrogens with zero attached hydrogens (tertiary/aromatic N) is 1. The standard InChI is InChI=1S/C10H22N2O/c1-9(8-11)12(6-3-7-13)10-4-2-5-10/h9-10,13H,2-8,11H2,1H3. The van der Waals surface area contributed by atoms with Crippen LogP contribution in [0.4, 0.5) is 0 Å². The first kappa shape index (κ1) is 11.0. The third kappa shape index (κ3) is 2.93. The van der Waals surface area contributed by atoms with Gasteiger partial charge in [0.25, 0.3) is 0 Å². The number of nitrogens with two attached hydrogens (primary N) is 1. The zero-order valence-corrected chi connectivity index (χ0v) is 8.58. The van der Waals surface area contributed by atoms with Crippen LogP contribution in [0, 0.1) is 0 Å². The second-order valence-electron chi connectivity index (χ2n) is 3.98. The summed E-state index contributed by atoms with van der Waals surface area (Å²) in [6.45, 7) is 4.19. The second-order valence-corrected chi connectivity index (χ2v) is 3.98. The lowest BCUT2D eigenvalue weighted by atomic mass is 9.90. The molecular weight excluding hydrogens is 164 g/mol. The lowest BCUT2D eigenvalue weighted by Gasteiger charge is -2.41. The van der Waals surface area contributed by atoms with E-state index >= 15 is 0 Å². The van der Waals surface area contributed by atoms with Crippen LogP contribution in [0.3, 0.4) is 0 Å². The average Bonchev–Trinajstić information content (AvgIpc) is 2.07. The van der Waals surface area contributed by atoms with Crippen LogP contribution in [0.25, 0.3) is 0 Å². The van der Waals surface area contributed by atoms with Crippen molar-refractivity contribution < 1.29 is 5.11 Å². The molecule has 0 spiro atoms. The highest BCUT2D eigenvalue weighted by atomic mass is 16.3. The van der Waals surface area contributed by atoms with E-state index in [9.17, 15) is 0 Å². The molecule has 0 heterocycles. The van der Waals surface area contributed by atoms with Crippen LogP contribution in [0.1, 0.15) is 32.6 Å². The van der Waals surface area contributed by atoms with E-state index in [1.54, 1.807) is 0 Å². The first-order valence-electron chi connectivity index (χ1n) is 5.36. The van der Waals surface area contributed by atoms with Crippen molar-refractivity contribution in [2.75, 3.05) is 19.7 Å². The Morgan fingerprint density at radius 3 is 2.62 bits per heavy atom. The van der Waals surface area contributed by atoms with E-state index < -0.39 is 0 Å². The Morgan fingerprint density at radius 1 is 1.54 bits per heavy atom. The third-order valence-electron chi connectivity index (χ3n) is 3.03. The van der Waals surface area contributed by atoms with Gasteiger partial charge in [-0.1, -0.05) is 6.42 Å². The summed E-state index contributed by atoms with van der Waals surface area (Å²) in [4.78, 5) is 2.46. The Morgan fingerprint density at radius 2 is 2.23 bits per heavy atom. The van der Waals surface area contributed by atoms with Crippen molar-refractivity contribution in [2.24, 2.45) is 5.73 Å². The van der Waals surface area contributed by atoms with Crippen molar-refractivity contribution in [1.82, 2.24) is 4.90 Å². The lowest BCUT2D eigenvalue weighted by Crippen LogP contribution is -2.48. The fourth-order valence-electron chi connectivity index (χ4n) is 1.87. The van der Waals surface area contributed by atoms with Gasteiger partial charge in [0.15, 0.2) is 0 Å². The summed E-state index contributed by atoms with van der Waals surface area (Å²) in [5.74, 6) is 0. The normalized spacial score (nSPS) is 20.3. The maximum Gasteiger partial charge on any atom is 0.0443 e. The third-order valence-corrected chi connectivity index (χ3v) is 3.03. The molecule has 0 bridgehead atoms. The van der Waals surface area contributed by atoms with Gasteiger partial charge in [0.05, 0.1) is 0 Å². The average molecular weight is 186 g/mol. The Labute approximate surface area is 80.9 Å². The number of aliphatic hydroxyl groups is 1. The maximum absolute atomic E-state index is 8.78. The minimum Gasteiger partial charge on any atom is -0.396 e. The second kappa shape index (κ2) is 5.58. The van der Waals surface area contributed by atoms with Crippen molar-refractivity contribution in [3.05, 3.63) is 0 Å². The first-order valence-corrected chi connectivity index (χ1v) is 5.36. The molecule has 0 aromatic rings. The van der Waals surface area contributed by atoms with Gasteiger partial charge in [0, 0.05) is 31.8 Å². The van der Waals surface area contributed by atoms with E-state index in [4.69, 9.17) is 10.8 Å². The van der Waals surface area contributed by atoms with Crippen LogP contribution >= 0.6 is 0 Å². The number of rotatable bonds is 6. The minimum atomic E-state index is 0.292. The quantitative estimate of drug-likeness (QED) is 0.637. The van der Waals surface area contributed by atoms with Crippen LogP contribution in [-0.4, -0.2) is 41.8 Å². The van der Waals surface area contributed by atoms with Crippen LogP contribution in [-0.2, 0) is 0 Å². The van der Waals surface area contributed by atoms with Crippen molar-refractivity contribution in [2.45, 2.75) is 44.7 Å². The molecule has 1 unspecified atom stereocenters. The summed E-state index contributed by atoms with van der Waals surface area (Å²) >= 11 is 0. The molecule has 1 fully saturated rings. The summed E-state index contributed by atoms with van der Waals surface area (Å²) < 4.78 is 0. The fourth-order valence-corrected chi connectivity index (χ4v) is 1.87. The Bertz CT molecular complexity index is 132. The molecular formula is C10H22N2O. The topological polar surface area (TPSA) is 49.5 Å². The number of aliphatic hydroxyl groups excluding tert-OH is 1. The molecule has 0 amide bonds. The maximum atomic E-state index is 8.78. The highest BCUT2D eigenvalue weighted by molar-refractivity contribution is 4.83. The summed E-state index contributed by atoms with van der Waals surface area (Å²) in [5, 5.41) is 8.78. The van der Waals surface area contributed by atoms with Gasteiger partial charge < -0.3 is 10.8 Å². The first-order chi connectivity index (χ1) is 6.29. The van der Waals surface area contributed by atoms with Crippen LogP contribution in [0.15, 0.2) is 0 Å². The molecule has 1 saturated carbocycles. The van der Waals surface area contributed by atoms with Gasteiger partial charge in [-0.3, -0.25) is 4.90 Å². The van der Waals surface area contributed by atoms with E-state index in [1.807, 2.05) is 0 Å². The monoisotopic (exact) mass is 186 g/mol. The van der Waals surface area contributed by atoms with Crippen LogP contribution in [0.5, 0.6) is 0 Å². The molecule has 0 aromatic heterocycles. The predicted molar refractivity (Wildman–Crippen MR) is 54.6 cm³/mol. The number of hydrogen-bond donors (Lipinski definition) is 2. The van der Waals surface area contributed by atoms with Crippen molar-refractivity contribution in [3.8, 4) is 0 Å². The molecule has 0 aliphatic heterocycles. The van der Waals surface area contributed by atoms with Crippen LogP contribution in [0.2, 0.25) is 0 Å². The molecule has 0 radical (unpaired) electrons. The molecule has 1 aliphatic rings. The summed E-state index contributed by atoms with van der Waals surface area (Å²) in [6, 6.07) is 1.21. The lowest BCUT2D eigenvalue weighted by molar-refractivity contribution is 0.0822. The molecule has 0 aromatic carbocycles. The molecule has 3 heteroatoms. The largest absolute Gasteiger partial charge is 0.396 e. The van der Waals surface area contributed by atoms with Gasteiger partial charge in [-0.05, 0) is 26.2 Å². The van der Waals surface area contributed by atoms with Gasteiger partial charge in [0.2, 0.25) is 0 Å². The summed E-state index contributed by atoms with van der Waals surface area (Å²) in [7, 11) is 0. The van der Waals surface area contributed by atoms with Crippen molar-refractivity contribution in [1.29, 1.82) is 0 Å². The summed E-state index contributed by atoms with van der Waals surface area (Å²) in [5.41, 5.74) is 5.66. The van der Waals surface area contributed by atoms with Gasteiger partial charge in [0.1, 0.15) is 0 Å². The molecule has 78 valence electrons. The number of hydrogen-bond acceptors (Lipinski definition) is 3. The Hall–Kier alpha value is -0.120. The molecule has 1 atom stereocenters. The highest BCUT2D eigenvalue weighted by Gasteiger charge is 2.27. The molecule has 1 rings (SSSR count). The molecule has 3 N–H and O–H groups in total. The van der Waals surface area contributed by atoms with E-state index in [-0.39, 0.29) is 0 Å². The van der Waals surface area contributed by atoms with Crippen LogP contribution < -0.4 is 5.73 Å². The van der Waals surface area contributed by atoms with Crippen molar-refractivity contribution >= 4 is 0 Å². The van der Waals surface area contributed by atoms with Gasteiger partial charge in [-0.25, -0.2) is 0 Å². The predicted octanol–water partition coefficient (Wildman–Crippen LogP) is 0.570. The van der Waals surface area contributed by atoms with E-state index in [0.29, 0.717) is 12.6 Å². The Kier molecular flexibility index (Phi) is 4.70. The van der Waals surface area contributed by atoms with E-state index in [0.717, 1.165) is 25.6 Å². The van der Waals surface area contributed by atoms with Crippen molar-refractivity contribution in [3.63, 3.8) is 0 Å². The van der Waals surface area contributed by atoms with E-state index in [1.165, 1.54) is 19.3 Å². The molecule has 13 heavy (non-hydrogen) atoms. The zero-order valence-electron chi connectivity index (χ0n) is 8.58. The molecule has 3 nitrogen and oxygen atoms in total. The SMILES string of the molecule is CC(CN)N(CCCO)C1CCC1. The van der Waals surface area contributed by atoms with Gasteiger partial charge in [-0.15, -0.1) is 0 Å². The highest BCUT2D eigenvalue weighted by Crippen LogP contribution is 2.26. The molecule has 1 aliphatic carbocycles. The molecule has 0 saturated heterocycles. The summed E-state index contributed by atoms with van der Waals surface area (Å²) in [6.07, 6.45) is 4.87. The smallest absolute Gasteiger partial charge is 0.0443 e. The van der Waals surface area contributed by atoms with Gasteiger partial charge >= 0.3 is 0 Å². The van der Waals surface area contributed by atoms with Gasteiger partial charge in [-0.2, -0.15) is 0 Å². The Balaban J connectivity index is 2.33.